The van der Waals surface area contributed by atoms with Gasteiger partial charge in [-0.2, -0.15) is 0 Å². The topological polar surface area (TPSA) is 43.8 Å². The molecule has 2 aliphatic heterocycles. The van der Waals surface area contributed by atoms with E-state index in [0.717, 1.165) is 45.4 Å². The number of hydrogen-bond acceptors (Lipinski definition) is 3. The predicted molar refractivity (Wildman–Crippen MR) is 71.3 cm³/mol. The molecule has 0 bridgehead atoms. The zero-order valence-electron chi connectivity index (χ0n) is 11.6. The first kappa shape index (κ1) is 13.8. The number of piperidine rings is 2. The summed E-state index contributed by atoms with van der Waals surface area (Å²) in [6.45, 7) is 7.61. The Labute approximate surface area is 110 Å². The first-order chi connectivity index (χ1) is 8.59. The van der Waals surface area contributed by atoms with E-state index in [2.05, 4.69) is 11.8 Å². The van der Waals surface area contributed by atoms with Gasteiger partial charge in [-0.3, -0.25) is 9.69 Å². The van der Waals surface area contributed by atoms with Crippen molar-refractivity contribution in [2.45, 2.75) is 51.7 Å². The van der Waals surface area contributed by atoms with E-state index in [1.807, 2.05) is 11.8 Å². The van der Waals surface area contributed by atoms with Crippen molar-refractivity contribution in [1.29, 1.82) is 0 Å². The van der Waals surface area contributed by atoms with Crippen LogP contribution in [0.3, 0.4) is 0 Å². The lowest BCUT2D eigenvalue weighted by Crippen LogP contribution is -2.53. The summed E-state index contributed by atoms with van der Waals surface area (Å²) in [4.78, 5) is 16.7. The molecule has 2 heterocycles. The molecule has 2 aliphatic rings. The van der Waals surface area contributed by atoms with Crippen LogP contribution in [0.25, 0.3) is 0 Å². The van der Waals surface area contributed by atoms with Crippen LogP contribution in [0.5, 0.6) is 0 Å². The van der Waals surface area contributed by atoms with E-state index in [1.165, 1.54) is 6.42 Å². The number of rotatable bonds is 2. The number of carbonyl (C=O) groups is 1. The second-order valence-electron chi connectivity index (χ2n) is 5.89. The number of aliphatic hydroxyl groups is 1. The van der Waals surface area contributed by atoms with Gasteiger partial charge in [0, 0.05) is 26.2 Å². The molecule has 0 radical (unpaired) electrons. The van der Waals surface area contributed by atoms with E-state index in [-0.39, 0.29) is 24.0 Å². The Kier molecular flexibility index (Phi) is 4.62. The van der Waals surface area contributed by atoms with Gasteiger partial charge < -0.3 is 10.0 Å². The highest BCUT2D eigenvalue weighted by atomic mass is 16.3. The highest BCUT2D eigenvalue weighted by Gasteiger charge is 2.32. The highest BCUT2D eigenvalue weighted by molar-refractivity contribution is 5.81. The molecule has 2 rings (SSSR count). The van der Waals surface area contributed by atoms with Crippen LogP contribution in [-0.2, 0) is 4.79 Å². The fraction of sp³-hybridized carbons (Fsp3) is 0.929. The smallest absolute Gasteiger partial charge is 0.239 e. The monoisotopic (exact) mass is 254 g/mol. The van der Waals surface area contributed by atoms with Crippen LogP contribution in [0.1, 0.15) is 39.5 Å². The second kappa shape index (κ2) is 6.02. The van der Waals surface area contributed by atoms with Crippen molar-refractivity contribution in [2.24, 2.45) is 5.92 Å². The first-order valence-electron chi connectivity index (χ1n) is 7.30. The average molecular weight is 254 g/mol. The molecule has 3 atom stereocenters. The lowest BCUT2D eigenvalue weighted by atomic mass is 9.95. The van der Waals surface area contributed by atoms with Gasteiger partial charge in [0.1, 0.15) is 0 Å². The number of aliphatic hydroxyl groups excluding tert-OH is 1. The Morgan fingerprint density at radius 3 is 2.50 bits per heavy atom. The summed E-state index contributed by atoms with van der Waals surface area (Å²) in [5.74, 6) is 0.550. The second-order valence-corrected chi connectivity index (χ2v) is 5.89. The largest absolute Gasteiger partial charge is 0.393 e. The van der Waals surface area contributed by atoms with Gasteiger partial charge in [-0.25, -0.2) is 0 Å². The van der Waals surface area contributed by atoms with Crippen molar-refractivity contribution >= 4 is 5.91 Å². The maximum atomic E-state index is 12.4. The van der Waals surface area contributed by atoms with Crippen molar-refractivity contribution in [2.75, 3.05) is 26.2 Å². The number of likely N-dealkylation sites (tertiary alicyclic amines) is 2. The summed E-state index contributed by atoms with van der Waals surface area (Å²) in [6.07, 6.45) is 4.14. The molecule has 0 aliphatic carbocycles. The fourth-order valence-corrected chi connectivity index (χ4v) is 3.05. The summed E-state index contributed by atoms with van der Waals surface area (Å²) >= 11 is 0. The molecule has 18 heavy (non-hydrogen) atoms. The SMILES string of the molecule is CC1CN(C(C)C(=O)N2CCCCC2)CCC1O. The number of nitrogens with zero attached hydrogens (tertiary/aromatic N) is 2. The molecule has 3 unspecified atom stereocenters. The Balaban J connectivity index is 1.89. The Hall–Kier alpha value is -0.610. The van der Waals surface area contributed by atoms with Gasteiger partial charge in [0.25, 0.3) is 0 Å². The van der Waals surface area contributed by atoms with Crippen molar-refractivity contribution in [3.63, 3.8) is 0 Å². The standard InChI is InChI=1S/C14H26N2O2/c1-11-10-16(9-6-13(11)17)12(2)14(18)15-7-4-3-5-8-15/h11-13,17H,3-10H2,1-2H3. The highest BCUT2D eigenvalue weighted by Crippen LogP contribution is 2.20. The molecule has 1 N–H and O–H groups in total. The zero-order valence-corrected chi connectivity index (χ0v) is 11.6. The third-order valence-corrected chi connectivity index (χ3v) is 4.46. The maximum absolute atomic E-state index is 12.4. The van der Waals surface area contributed by atoms with Crippen LogP contribution in [0.2, 0.25) is 0 Å². The molecule has 2 fully saturated rings. The first-order valence-corrected chi connectivity index (χ1v) is 7.30. The van der Waals surface area contributed by atoms with E-state index in [4.69, 9.17) is 0 Å². The van der Waals surface area contributed by atoms with E-state index in [9.17, 15) is 9.90 Å². The van der Waals surface area contributed by atoms with Crippen molar-refractivity contribution in [1.82, 2.24) is 9.80 Å². The van der Waals surface area contributed by atoms with Gasteiger partial charge in [-0.1, -0.05) is 6.92 Å². The summed E-state index contributed by atoms with van der Waals surface area (Å²) in [6, 6.07) is -0.0296. The summed E-state index contributed by atoms with van der Waals surface area (Å²) in [5, 5.41) is 9.74. The minimum atomic E-state index is -0.196. The minimum Gasteiger partial charge on any atom is -0.393 e. The van der Waals surface area contributed by atoms with Crippen LogP contribution in [0, 0.1) is 5.92 Å². The molecular weight excluding hydrogens is 228 g/mol. The van der Waals surface area contributed by atoms with E-state index in [1.54, 1.807) is 0 Å². The third-order valence-electron chi connectivity index (χ3n) is 4.46. The quantitative estimate of drug-likeness (QED) is 0.802. The summed E-state index contributed by atoms with van der Waals surface area (Å²) in [7, 11) is 0. The lowest BCUT2D eigenvalue weighted by molar-refractivity contribution is -0.138. The van der Waals surface area contributed by atoms with E-state index < -0.39 is 0 Å². The van der Waals surface area contributed by atoms with Crippen LogP contribution < -0.4 is 0 Å². The van der Waals surface area contributed by atoms with Gasteiger partial charge in [0.05, 0.1) is 12.1 Å². The van der Waals surface area contributed by atoms with Crippen molar-refractivity contribution in [3.8, 4) is 0 Å². The molecule has 0 aromatic carbocycles. The molecule has 104 valence electrons. The number of hydrogen-bond donors (Lipinski definition) is 1. The van der Waals surface area contributed by atoms with Crippen LogP contribution >= 0.6 is 0 Å². The van der Waals surface area contributed by atoms with Crippen LogP contribution in [-0.4, -0.2) is 59.1 Å². The van der Waals surface area contributed by atoms with E-state index in [0.29, 0.717) is 0 Å². The molecule has 0 saturated carbocycles. The Morgan fingerprint density at radius 1 is 1.22 bits per heavy atom. The zero-order chi connectivity index (χ0) is 13.1. The number of amides is 1. The molecule has 0 aromatic rings. The Bertz CT molecular complexity index is 290. The van der Waals surface area contributed by atoms with Crippen molar-refractivity contribution < 1.29 is 9.90 Å². The van der Waals surface area contributed by atoms with Gasteiger partial charge in [-0.05, 0) is 38.5 Å². The van der Waals surface area contributed by atoms with E-state index >= 15 is 0 Å². The van der Waals surface area contributed by atoms with Crippen LogP contribution in [0.4, 0.5) is 0 Å². The van der Waals surface area contributed by atoms with Gasteiger partial charge >= 0.3 is 0 Å². The van der Waals surface area contributed by atoms with Gasteiger partial charge in [-0.15, -0.1) is 0 Å². The number of carbonyl (C=O) groups excluding carboxylic acids is 1. The normalized spacial score (nSPS) is 32.3. The molecule has 0 spiro atoms. The summed E-state index contributed by atoms with van der Waals surface area (Å²) in [5.41, 5.74) is 0. The predicted octanol–water partition coefficient (Wildman–Crippen LogP) is 1.09. The molecule has 2 saturated heterocycles. The van der Waals surface area contributed by atoms with Gasteiger partial charge in [0.15, 0.2) is 0 Å². The fourth-order valence-electron chi connectivity index (χ4n) is 3.05. The van der Waals surface area contributed by atoms with Crippen LogP contribution in [0.15, 0.2) is 0 Å². The molecule has 4 nitrogen and oxygen atoms in total. The third kappa shape index (κ3) is 3.04. The van der Waals surface area contributed by atoms with Crippen molar-refractivity contribution in [3.05, 3.63) is 0 Å². The Morgan fingerprint density at radius 2 is 1.89 bits per heavy atom. The molecular formula is C14H26N2O2. The lowest BCUT2D eigenvalue weighted by Gasteiger charge is -2.39. The molecule has 1 amide bonds. The maximum Gasteiger partial charge on any atom is 0.239 e. The molecule has 0 aromatic heterocycles. The van der Waals surface area contributed by atoms with Gasteiger partial charge in [0.2, 0.25) is 5.91 Å². The molecule has 4 heteroatoms. The minimum absolute atomic E-state index is 0.0296. The summed E-state index contributed by atoms with van der Waals surface area (Å²) < 4.78 is 0. The average Bonchev–Trinajstić information content (AvgIpc) is 2.41.